The van der Waals surface area contributed by atoms with Crippen molar-refractivity contribution in [2.45, 2.75) is 84.2 Å². The number of carbonyl (C=O) groups excluding carboxylic acids is 5. The summed E-state index contributed by atoms with van der Waals surface area (Å²) in [5.41, 5.74) is 0.298. The molecule has 0 unspecified atom stereocenters. The molecule has 1 aliphatic heterocycles. The van der Waals surface area contributed by atoms with E-state index in [1.807, 2.05) is 13.8 Å². The number of benzene rings is 1. The van der Waals surface area contributed by atoms with Crippen molar-refractivity contribution in [3.63, 3.8) is 0 Å². The van der Waals surface area contributed by atoms with E-state index < -0.39 is 54.1 Å². The smallest absolute Gasteiger partial charge is 0.332 e. The van der Waals surface area contributed by atoms with Crippen LogP contribution in [0.2, 0.25) is 0 Å². The highest BCUT2D eigenvalue weighted by atomic mass is 16.6. The van der Waals surface area contributed by atoms with Gasteiger partial charge in [-0.3, -0.25) is 19.2 Å². The predicted octanol–water partition coefficient (Wildman–Crippen LogP) is 2.76. The number of ether oxygens (including phenoxy) is 4. The van der Waals surface area contributed by atoms with Gasteiger partial charge in [0.05, 0.1) is 24.3 Å². The topological polar surface area (TPSA) is 146 Å². The molecule has 11 heteroatoms. The summed E-state index contributed by atoms with van der Waals surface area (Å²) in [4.78, 5) is 62.7. The van der Waals surface area contributed by atoms with Gasteiger partial charge in [0.25, 0.3) is 5.91 Å². The zero-order valence-electron chi connectivity index (χ0n) is 21.9. The minimum absolute atomic E-state index is 0.0424. The maximum absolute atomic E-state index is 13.2. The Hall–Kier alpha value is -3.63. The summed E-state index contributed by atoms with van der Waals surface area (Å²) in [5, 5.41) is 5.00. The molecule has 1 heterocycles. The molecule has 0 saturated carbocycles. The van der Waals surface area contributed by atoms with Gasteiger partial charge in [0.2, 0.25) is 6.41 Å². The average molecular weight is 521 g/mol. The Bertz CT molecular complexity index is 981. The van der Waals surface area contributed by atoms with Crippen molar-refractivity contribution in [1.82, 2.24) is 5.32 Å². The van der Waals surface area contributed by atoms with Crippen LogP contribution in [0, 0.1) is 5.92 Å². The van der Waals surface area contributed by atoms with Crippen LogP contribution in [-0.2, 0) is 33.4 Å². The zero-order valence-corrected chi connectivity index (χ0v) is 21.9. The number of cyclic esters (lactones) is 2. The van der Waals surface area contributed by atoms with E-state index in [9.17, 15) is 24.0 Å². The Morgan fingerprint density at radius 3 is 2.38 bits per heavy atom. The van der Waals surface area contributed by atoms with Crippen LogP contribution in [0.5, 0.6) is 5.75 Å². The molecule has 11 nitrogen and oxygen atoms in total. The van der Waals surface area contributed by atoms with Gasteiger partial charge in [-0.05, 0) is 38.8 Å². The molecule has 2 N–H and O–H groups in total. The van der Waals surface area contributed by atoms with Crippen molar-refractivity contribution in [3.05, 3.63) is 23.8 Å². The van der Waals surface area contributed by atoms with Crippen LogP contribution in [0.3, 0.4) is 0 Å². The van der Waals surface area contributed by atoms with Gasteiger partial charge in [-0.2, -0.15) is 0 Å². The number of hydrogen-bond acceptors (Lipinski definition) is 9. The number of methoxy groups -OCH3 is 1. The van der Waals surface area contributed by atoms with Gasteiger partial charge in [0, 0.05) is 6.42 Å². The van der Waals surface area contributed by atoms with Crippen LogP contribution in [0.4, 0.5) is 5.69 Å². The third-order valence-electron chi connectivity index (χ3n) is 6.04. The number of para-hydroxylation sites is 1. The van der Waals surface area contributed by atoms with E-state index in [0.29, 0.717) is 25.7 Å². The second-order valence-corrected chi connectivity index (χ2v) is 8.84. The number of carbonyl (C=O) groups is 5. The van der Waals surface area contributed by atoms with E-state index in [1.165, 1.54) is 26.2 Å². The van der Waals surface area contributed by atoms with Gasteiger partial charge < -0.3 is 29.6 Å². The molecule has 0 spiro atoms. The van der Waals surface area contributed by atoms with Crippen LogP contribution in [0.15, 0.2) is 18.2 Å². The number of anilines is 1. The highest BCUT2D eigenvalue weighted by molar-refractivity contribution is 6.01. The SMILES string of the molecule is CCCC[C@H]1C(=O)O[C@H](C)[C@H](NC(=O)c2cccc(NC=O)c2OC)C(=O)O[C@@H](C)[C@@H]1OC(=O)CCC. The fourth-order valence-electron chi connectivity index (χ4n) is 4.12. The molecule has 1 aromatic carbocycles. The molecule has 0 bridgehead atoms. The van der Waals surface area contributed by atoms with Crippen molar-refractivity contribution < 1.29 is 42.9 Å². The van der Waals surface area contributed by atoms with E-state index in [1.54, 1.807) is 13.0 Å². The lowest BCUT2D eigenvalue weighted by Gasteiger charge is -2.29. The Morgan fingerprint density at radius 1 is 1.05 bits per heavy atom. The molecule has 1 aliphatic rings. The molecule has 37 heavy (non-hydrogen) atoms. The molecule has 2 rings (SSSR count). The first-order valence-electron chi connectivity index (χ1n) is 12.5. The van der Waals surface area contributed by atoms with Crippen molar-refractivity contribution in [2.75, 3.05) is 12.4 Å². The van der Waals surface area contributed by atoms with Crippen LogP contribution >= 0.6 is 0 Å². The Kier molecular flexibility index (Phi) is 11.4. The lowest BCUT2D eigenvalue weighted by Crippen LogP contribution is -2.50. The highest BCUT2D eigenvalue weighted by Crippen LogP contribution is 2.29. The molecule has 5 atom stereocenters. The van der Waals surface area contributed by atoms with Crippen molar-refractivity contribution in [3.8, 4) is 5.75 Å². The zero-order chi connectivity index (χ0) is 27.5. The Morgan fingerprint density at radius 2 is 1.76 bits per heavy atom. The average Bonchev–Trinajstić information content (AvgIpc) is 2.88. The second kappa shape index (κ2) is 14.2. The maximum Gasteiger partial charge on any atom is 0.332 e. The Balaban J connectivity index is 2.37. The highest BCUT2D eigenvalue weighted by Gasteiger charge is 2.43. The first kappa shape index (κ1) is 29.6. The molecule has 1 fully saturated rings. The van der Waals surface area contributed by atoms with Crippen LogP contribution in [-0.4, -0.2) is 61.7 Å². The molecule has 0 aliphatic carbocycles. The summed E-state index contributed by atoms with van der Waals surface area (Å²) in [5.74, 6) is -3.46. The summed E-state index contributed by atoms with van der Waals surface area (Å²) in [6.07, 6.45) is -0.104. The number of nitrogens with one attached hydrogen (secondary N) is 2. The van der Waals surface area contributed by atoms with Crippen molar-refractivity contribution in [1.29, 1.82) is 0 Å². The summed E-state index contributed by atoms with van der Waals surface area (Å²) < 4.78 is 22.1. The summed E-state index contributed by atoms with van der Waals surface area (Å²) in [6.45, 7) is 6.80. The fourth-order valence-corrected chi connectivity index (χ4v) is 4.12. The normalized spacial score (nSPS) is 23.9. The van der Waals surface area contributed by atoms with Gasteiger partial charge in [-0.1, -0.05) is 32.8 Å². The van der Waals surface area contributed by atoms with Crippen LogP contribution < -0.4 is 15.4 Å². The first-order valence-corrected chi connectivity index (χ1v) is 12.5. The molecule has 0 radical (unpaired) electrons. The van der Waals surface area contributed by atoms with Gasteiger partial charge in [0.15, 0.2) is 17.9 Å². The molecule has 1 aromatic rings. The van der Waals surface area contributed by atoms with Crippen molar-refractivity contribution >= 4 is 35.9 Å². The molecular formula is C26H36N2O9. The fraction of sp³-hybridized carbons (Fsp3) is 0.577. The first-order chi connectivity index (χ1) is 17.7. The molecule has 1 saturated heterocycles. The van der Waals surface area contributed by atoms with Crippen molar-refractivity contribution in [2.24, 2.45) is 5.92 Å². The standard InChI is InChI=1S/C26H36N2O9/c1-6-8-11-18-22(37-20(30)10-7-2)16(4)36-26(33)21(15(3)35-25(18)32)28-24(31)17-12-9-13-19(27-14-29)23(17)34-5/h9,12-16,18,21-22H,6-8,10-11H2,1-5H3,(H,27,29)(H,28,31)/t15-,16+,18-,21+,22+/m1/s1. The molecule has 0 aromatic heterocycles. The predicted molar refractivity (Wildman–Crippen MR) is 133 cm³/mol. The minimum Gasteiger partial charge on any atom is -0.494 e. The second-order valence-electron chi connectivity index (χ2n) is 8.84. The van der Waals surface area contributed by atoms with Gasteiger partial charge in [0.1, 0.15) is 12.2 Å². The molecule has 2 amide bonds. The van der Waals surface area contributed by atoms with Gasteiger partial charge in [-0.25, -0.2) is 4.79 Å². The van der Waals surface area contributed by atoms with E-state index in [2.05, 4.69) is 10.6 Å². The third-order valence-corrected chi connectivity index (χ3v) is 6.04. The number of esters is 3. The number of hydrogen-bond donors (Lipinski definition) is 2. The molecular weight excluding hydrogens is 484 g/mol. The number of unbranched alkanes of at least 4 members (excludes halogenated alkanes) is 1. The van der Waals surface area contributed by atoms with Crippen LogP contribution in [0.25, 0.3) is 0 Å². The Labute approximate surface area is 216 Å². The lowest BCUT2D eigenvalue weighted by molar-refractivity contribution is -0.175. The minimum atomic E-state index is -1.36. The van der Waals surface area contributed by atoms with Gasteiger partial charge >= 0.3 is 17.9 Å². The lowest BCUT2D eigenvalue weighted by atomic mass is 9.92. The quantitative estimate of drug-likeness (QED) is 0.255. The van der Waals surface area contributed by atoms with E-state index in [4.69, 9.17) is 18.9 Å². The summed E-state index contributed by atoms with van der Waals surface area (Å²) >= 11 is 0. The van der Waals surface area contributed by atoms with E-state index >= 15 is 0 Å². The maximum atomic E-state index is 13.2. The van der Waals surface area contributed by atoms with E-state index in [-0.39, 0.29) is 23.4 Å². The van der Waals surface area contributed by atoms with Crippen LogP contribution in [0.1, 0.15) is 70.2 Å². The monoisotopic (exact) mass is 520 g/mol. The van der Waals surface area contributed by atoms with E-state index in [0.717, 1.165) is 6.42 Å². The van der Waals surface area contributed by atoms with Gasteiger partial charge in [-0.15, -0.1) is 0 Å². The number of amides is 2. The number of rotatable bonds is 11. The summed E-state index contributed by atoms with van der Waals surface area (Å²) in [6, 6.07) is 3.17. The largest absolute Gasteiger partial charge is 0.494 e. The summed E-state index contributed by atoms with van der Waals surface area (Å²) in [7, 11) is 1.33. The molecule has 204 valence electrons. The third kappa shape index (κ3) is 7.68.